The summed E-state index contributed by atoms with van der Waals surface area (Å²) < 4.78 is 19.9. The minimum absolute atomic E-state index is 0.00238. The molecule has 2 amide bonds. The first-order chi connectivity index (χ1) is 13.2. The van der Waals surface area contributed by atoms with Crippen LogP contribution in [0.3, 0.4) is 0 Å². The molecule has 0 aromatic heterocycles. The summed E-state index contributed by atoms with van der Waals surface area (Å²) in [6, 6.07) is 9.05. The Labute approximate surface area is 162 Å². The van der Waals surface area contributed by atoms with Gasteiger partial charge in [0.25, 0.3) is 0 Å². The fourth-order valence-corrected chi connectivity index (χ4v) is 3.15. The van der Waals surface area contributed by atoms with Crippen LogP contribution in [0.2, 0.25) is 0 Å². The Balaban J connectivity index is 1.75. The number of aromatic hydroxyl groups is 1. The molecule has 1 saturated heterocycles. The molecule has 1 heterocycles. The second-order valence-electron chi connectivity index (χ2n) is 7.20. The first kappa shape index (κ1) is 19.7. The Bertz CT molecular complexity index is 913. The monoisotopic (exact) mass is 386 g/mol. The lowest BCUT2D eigenvalue weighted by molar-refractivity contribution is -0.122. The number of halogens is 1. The first-order valence-electron chi connectivity index (χ1n) is 9.11. The molecule has 1 aliphatic heterocycles. The highest BCUT2D eigenvalue weighted by Crippen LogP contribution is 2.32. The van der Waals surface area contributed by atoms with E-state index in [0.29, 0.717) is 11.4 Å². The number of anilines is 2. The van der Waals surface area contributed by atoms with E-state index < -0.39 is 11.7 Å². The molecule has 1 atom stereocenters. The lowest BCUT2D eigenvalue weighted by atomic mass is 10.1. The molecular formula is C21H23FN2O4. The minimum Gasteiger partial charge on any atom is -0.508 e. The van der Waals surface area contributed by atoms with Crippen LogP contribution in [0.5, 0.6) is 11.5 Å². The minimum atomic E-state index is -0.617. The van der Waals surface area contributed by atoms with Gasteiger partial charge >= 0.3 is 0 Å². The third-order valence-electron chi connectivity index (χ3n) is 4.48. The van der Waals surface area contributed by atoms with Crippen LogP contribution >= 0.6 is 0 Å². The van der Waals surface area contributed by atoms with Crippen molar-refractivity contribution in [2.45, 2.75) is 33.3 Å². The molecule has 6 nitrogen and oxygen atoms in total. The quantitative estimate of drug-likeness (QED) is 0.770. The van der Waals surface area contributed by atoms with Crippen LogP contribution < -0.4 is 15.0 Å². The summed E-state index contributed by atoms with van der Waals surface area (Å²) in [6.45, 7) is 5.53. The second-order valence-corrected chi connectivity index (χ2v) is 7.20. The second kappa shape index (κ2) is 7.88. The normalized spacial score (nSPS) is 16.5. The maximum atomic E-state index is 14.2. The van der Waals surface area contributed by atoms with Gasteiger partial charge in [-0.2, -0.15) is 0 Å². The van der Waals surface area contributed by atoms with E-state index in [1.165, 1.54) is 23.1 Å². The molecule has 1 aliphatic rings. The molecule has 0 saturated carbocycles. The average molecular weight is 386 g/mol. The van der Waals surface area contributed by atoms with Crippen LogP contribution in [0.1, 0.15) is 25.8 Å². The van der Waals surface area contributed by atoms with Crippen molar-refractivity contribution in [3.63, 3.8) is 0 Å². The zero-order valence-electron chi connectivity index (χ0n) is 16.0. The van der Waals surface area contributed by atoms with Gasteiger partial charge in [-0.3, -0.25) is 9.59 Å². The summed E-state index contributed by atoms with van der Waals surface area (Å²) >= 11 is 0. The van der Waals surface area contributed by atoms with Crippen molar-refractivity contribution in [3.05, 3.63) is 47.8 Å². The number of amides is 2. The molecule has 2 aromatic rings. The molecular weight excluding hydrogens is 363 g/mol. The molecule has 2 aromatic carbocycles. The summed E-state index contributed by atoms with van der Waals surface area (Å²) in [5.74, 6) is -1.40. The number of ether oxygens (including phenoxy) is 1. The van der Waals surface area contributed by atoms with Gasteiger partial charge in [0.1, 0.15) is 17.3 Å². The Morgan fingerprint density at radius 1 is 1.29 bits per heavy atom. The number of nitrogens with zero attached hydrogens (tertiary/aromatic N) is 1. The summed E-state index contributed by atoms with van der Waals surface area (Å²) in [6.07, 6.45) is -0.150. The molecule has 148 valence electrons. The number of carbonyl (C=O) groups excluding carboxylic acids is 2. The van der Waals surface area contributed by atoms with Gasteiger partial charge < -0.3 is 20.1 Å². The van der Waals surface area contributed by atoms with Gasteiger partial charge in [-0.1, -0.05) is 6.07 Å². The Morgan fingerprint density at radius 3 is 2.71 bits per heavy atom. The van der Waals surface area contributed by atoms with Crippen LogP contribution in [0.25, 0.3) is 0 Å². The zero-order chi connectivity index (χ0) is 20.4. The lowest BCUT2D eigenvalue weighted by Crippen LogP contribution is -2.29. The van der Waals surface area contributed by atoms with Crippen molar-refractivity contribution < 1.29 is 23.8 Å². The first-order valence-corrected chi connectivity index (χ1v) is 9.11. The molecule has 3 rings (SSSR count). The number of rotatable bonds is 5. The molecule has 1 fully saturated rings. The van der Waals surface area contributed by atoms with E-state index >= 15 is 0 Å². The van der Waals surface area contributed by atoms with Gasteiger partial charge in [-0.25, -0.2) is 4.39 Å². The number of carbonyl (C=O) groups is 2. The van der Waals surface area contributed by atoms with Crippen molar-refractivity contribution in [2.24, 2.45) is 5.92 Å². The van der Waals surface area contributed by atoms with Gasteiger partial charge in [0.15, 0.2) is 0 Å². The van der Waals surface area contributed by atoms with Crippen LogP contribution in [0.15, 0.2) is 36.4 Å². The van der Waals surface area contributed by atoms with Crippen LogP contribution in [0.4, 0.5) is 15.8 Å². The van der Waals surface area contributed by atoms with Crippen molar-refractivity contribution in [1.82, 2.24) is 0 Å². The van der Waals surface area contributed by atoms with Gasteiger partial charge in [0, 0.05) is 19.0 Å². The van der Waals surface area contributed by atoms with E-state index in [-0.39, 0.29) is 42.3 Å². The smallest absolute Gasteiger partial charge is 0.229 e. The SMILES string of the molecule is Cc1ccc(N2C[C@@H](C(=O)Nc3ccc(O)cc3OC(C)C)CC2=O)c(F)c1. The van der Waals surface area contributed by atoms with E-state index in [4.69, 9.17) is 4.74 Å². The average Bonchev–Trinajstić information content (AvgIpc) is 2.98. The number of nitrogens with one attached hydrogen (secondary N) is 1. The highest BCUT2D eigenvalue weighted by atomic mass is 19.1. The van der Waals surface area contributed by atoms with E-state index in [1.807, 2.05) is 13.8 Å². The fourth-order valence-electron chi connectivity index (χ4n) is 3.15. The van der Waals surface area contributed by atoms with E-state index in [1.54, 1.807) is 25.1 Å². The Morgan fingerprint density at radius 2 is 2.04 bits per heavy atom. The highest BCUT2D eigenvalue weighted by molar-refractivity contribution is 6.04. The van der Waals surface area contributed by atoms with E-state index in [0.717, 1.165) is 5.56 Å². The Kier molecular flexibility index (Phi) is 5.53. The number of hydrogen-bond donors (Lipinski definition) is 2. The molecule has 0 radical (unpaired) electrons. The van der Waals surface area contributed by atoms with Gasteiger partial charge in [-0.05, 0) is 50.6 Å². The number of benzene rings is 2. The Hall–Kier alpha value is -3.09. The van der Waals surface area contributed by atoms with Crippen LogP contribution in [-0.2, 0) is 9.59 Å². The topological polar surface area (TPSA) is 78.9 Å². The summed E-state index contributed by atoms with van der Waals surface area (Å²) in [4.78, 5) is 26.4. The largest absolute Gasteiger partial charge is 0.508 e. The van der Waals surface area contributed by atoms with Gasteiger partial charge in [0.2, 0.25) is 11.8 Å². The van der Waals surface area contributed by atoms with Crippen molar-refractivity contribution in [3.8, 4) is 11.5 Å². The molecule has 0 unspecified atom stereocenters. The summed E-state index contributed by atoms with van der Waals surface area (Å²) in [5.41, 5.74) is 1.34. The molecule has 2 N–H and O–H groups in total. The predicted molar refractivity (Wildman–Crippen MR) is 104 cm³/mol. The third-order valence-corrected chi connectivity index (χ3v) is 4.48. The molecule has 0 aliphatic carbocycles. The molecule has 0 spiro atoms. The van der Waals surface area contributed by atoms with E-state index in [9.17, 15) is 19.1 Å². The maximum absolute atomic E-state index is 14.2. The molecule has 0 bridgehead atoms. The number of hydrogen-bond acceptors (Lipinski definition) is 4. The van der Waals surface area contributed by atoms with Crippen molar-refractivity contribution in [2.75, 3.05) is 16.8 Å². The zero-order valence-corrected chi connectivity index (χ0v) is 16.0. The highest BCUT2D eigenvalue weighted by Gasteiger charge is 2.36. The number of phenols is 1. The number of aryl methyl sites for hydroxylation is 1. The lowest BCUT2D eigenvalue weighted by Gasteiger charge is -2.19. The number of phenolic OH excluding ortho intramolecular Hbond substituents is 1. The molecule has 7 heteroatoms. The van der Waals surface area contributed by atoms with Crippen LogP contribution in [-0.4, -0.2) is 29.6 Å². The standard InChI is InChI=1S/C21H23FN2O4/c1-12(2)28-19-10-15(25)5-6-17(19)23-21(27)14-9-20(26)24(11-14)18-7-4-13(3)8-16(18)22/h4-8,10,12,14,25H,9,11H2,1-3H3,(H,23,27)/t14-/m0/s1. The summed E-state index contributed by atoms with van der Waals surface area (Å²) in [5, 5.41) is 12.4. The predicted octanol–water partition coefficient (Wildman–Crippen LogP) is 3.62. The van der Waals surface area contributed by atoms with Gasteiger partial charge in [0.05, 0.1) is 23.4 Å². The van der Waals surface area contributed by atoms with Crippen LogP contribution in [0, 0.1) is 18.7 Å². The third kappa shape index (κ3) is 4.24. The fraction of sp³-hybridized carbons (Fsp3) is 0.333. The molecule has 28 heavy (non-hydrogen) atoms. The van der Waals surface area contributed by atoms with E-state index in [2.05, 4.69) is 5.32 Å². The van der Waals surface area contributed by atoms with Crippen molar-refractivity contribution >= 4 is 23.2 Å². The van der Waals surface area contributed by atoms with Crippen molar-refractivity contribution in [1.29, 1.82) is 0 Å². The maximum Gasteiger partial charge on any atom is 0.229 e. The summed E-state index contributed by atoms with van der Waals surface area (Å²) in [7, 11) is 0. The van der Waals surface area contributed by atoms with Gasteiger partial charge in [-0.15, -0.1) is 0 Å².